The molecule has 3 aromatic carbocycles. The molecule has 3 aromatic heterocycles. The van der Waals surface area contributed by atoms with Crippen molar-refractivity contribution in [3.05, 3.63) is 153 Å². The van der Waals surface area contributed by atoms with E-state index in [1.165, 1.54) is 5.69 Å². The van der Waals surface area contributed by atoms with Gasteiger partial charge in [-0.25, -0.2) is 4.98 Å². The Balaban J connectivity index is 0.000000158. The first-order chi connectivity index (χ1) is 35.0. The Bertz CT molecular complexity index is 2800. The van der Waals surface area contributed by atoms with Gasteiger partial charge in [0, 0.05) is 76.7 Å². The van der Waals surface area contributed by atoms with E-state index in [1.54, 1.807) is 13.3 Å². The third-order valence-electron chi connectivity index (χ3n) is 13.3. The van der Waals surface area contributed by atoms with Crippen LogP contribution in [0.15, 0.2) is 103 Å². The molecule has 0 radical (unpaired) electrons. The maximum atomic E-state index is 11.3. The number of pyridine rings is 1. The van der Waals surface area contributed by atoms with E-state index in [2.05, 4.69) is 53.6 Å². The van der Waals surface area contributed by atoms with Gasteiger partial charge in [-0.1, -0.05) is 42.5 Å². The van der Waals surface area contributed by atoms with Gasteiger partial charge < -0.3 is 33.2 Å². The van der Waals surface area contributed by atoms with Crippen molar-refractivity contribution in [1.29, 1.82) is 0 Å². The molecule has 3 aliphatic rings. The lowest BCUT2D eigenvalue weighted by molar-refractivity contribution is 0.110. The Morgan fingerprint density at radius 3 is 1.68 bits per heavy atom. The first kappa shape index (κ1) is 52.9. The quantitative estimate of drug-likeness (QED) is 0.0749. The molecule has 6 aromatic rings. The largest absolute Gasteiger partial charge is 0.492 e. The molecule has 2 fully saturated rings. The van der Waals surface area contributed by atoms with Gasteiger partial charge in [0.1, 0.15) is 23.9 Å². The van der Waals surface area contributed by atoms with Crippen molar-refractivity contribution in [2.75, 3.05) is 66.6 Å². The monoisotopic (exact) mass is 981 g/mol. The van der Waals surface area contributed by atoms with Crippen molar-refractivity contribution in [2.24, 2.45) is 11.8 Å². The van der Waals surface area contributed by atoms with Gasteiger partial charge in [0.2, 0.25) is 5.88 Å². The van der Waals surface area contributed by atoms with Gasteiger partial charge >= 0.3 is 0 Å². The Morgan fingerprint density at radius 2 is 1.12 bits per heavy atom. The van der Waals surface area contributed by atoms with Crippen molar-refractivity contribution < 1.29 is 47.5 Å². The summed E-state index contributed by atoms with van der Waals surface area (Å²) in [5.74, 6) is 3.37. The van der Waals surface area contributed by atoms with Crippen LogP contribution in [0.3, 0.4) is 0 Å². The van der Waals surface area contributed by atoms with Gasteiger partial charge in [-0.3, -0.25) is 23.7 Å². The van der Waals surface area contributed by atoms with Crippen LogP contribution in [-0.2, 0) is 14.2 Å². The van der Waals surface area contributed by atoms with E-state index < -0.39 is 0 Å². The zero-order valence-electron chi connectivity index (χ0n) is 42.6. The highest BCUT2D eigenvalue weighted by molar-refractivity contribution is 5.82. The maximum Gasteiger partial charge on any atom is 0.216 e. The third kappa shape index (κ3) is 12.6. The van der Waals surface area contributed by atoms with E-state index in [-0.39, 0.29) is 29.7 Å². The number of hydrogen-bond donors (Lipinski definition) is 0. The molecule has 2 saturated heterocycles. The maximum absolute atomic E-state index is 11.3. The minimum Gasteiger partial charge on any atom is -0.492 e. The fraction of sp³-hybridized carbons (Fsp3) is 0.404. The first-order valence-electron chi connectivity index (χ1n) is 24.5. The molecule has 72 heavy (non-hydrogen) atoms. The minimum atomic E-state index is 0.165. The predicted molar refractivity (Wildman–Crippen MR) is 274 cm³/mol. The number of hydrogen-bond acceptors (Lipinski definition) is 13. The highest BCUT2D eigenvalue weighted by Crippen LogP contribution is 2.37. The van der Waals surface area contributed by atoms with E-state index in [9.17, 15) is 14.4 Å². The normalized spacial score (nSPS) is 18.3. The average molecular weight is 982 g/mol. The molecule has 15 heteroatoms. The summed E-state index contributed by atoms with van der Waals surface area (Å²) in [6.45, 7) is 19.3. The first-order valence-corrected chi connectivity index (χ1v) is 24.5. The smallest absolute Gasteiger partial charge is 0.216 e. The van der Waals surface area contributed by atoms with E-state index in [4.69, 9.17) is 33.2 Å². The molecule has 15 nitrogen and oxygen atoms in total. The SMILES string of the molecule is COc1ncccc1[C@H]1COC[C@@H]1COc1cccc(C)c1C=O.Cc1cccc(OCC2=C(c3ccnn3C(C)C)COC2)c1C=O.Cc1cccc(OC[C@@H]2COC[C@@H]2c2ccnn2C(C)C)c1C=O. The summed E-state index contributed by atoms with van der Waals surface area (Å²) in [6, 6.07) is 25.5. The van der Waals surface area contributed by atoms with E-state index >= 15 is 0 Å². The lowest BCUT2D eigenvalue weighted by atomic mass is 9.90. The van der Waals surface area contributed by atoms with Gasteiger partial charge in [0.25, 0.3) is 0 Å². The number of benzene rings is 3. The van der Waals surface area contributed by atoms with Gasteiger partial charge in [-0.2, -0.15) is 10.2 Å². The van der Waals surface area contributed by atoms with Crippen LogP contribution in [0.1, 0.15) is 116 Å². The van der Waals surface area contributed by atoms with Crippen molar-refractivity contribution in [3.63, 3.8) is 0 Å². The molecule has 0 unspecified atom stereocenters. The van der Waals surface area contributed by atoms with Crippen molar-refractivity contribution in [1.82, 2.24) is 24.5 Å². The second-order valence-electron chi connectivity index (χ2n) is 18.8. The molecule has 0 amide bonds. The highest BCUT2D eigenvalue weighted by Gasteiger charge is 2.34. The summed E-state index contributed by atoms with van der Waals surface area (Å²) >= 11 is 0. The van der Waals surface area contributed by atoms with Crippen LogP contribution in [0, 0.1) is 32.6 Å². The number of aldehydes is 3. The van der Waals surface area contributed by atoms with Crippen LogP contribution < -0.4 is 18.9 Å². The summed E-state index contributed by atoms with van der Waals surface area (Å²) in [4.78, 5) is 38.1. The number of carbonyl (C=O) groups is 3. The molecule has 4 atom stereocenters. The Morgan fingerprint density at radius 1 is 0.597 bits per heavy atom. The van der Waals surface area contributed by atoms with Crippen LogP contribution >= 0.6 is 0 Å². The fourth-order valence-electron chi connectivity index (χ4n) is 9.27. The van der Waals surface area contributed by atoms with Gasteiger partial charge in [0.15, 0.2) is 18.9 Å². The van der Waals surface area contributed by atoms with Crippen molar-refractivity contribution >= 4 is 24.4 Å². The molecule has 9 rings (SSSR count). The molecule has 0 spiro atoms. The number of aryl methyl sites for hydroxylation is 3. The zero-order chi connectivity index (χ0) is 51.1. The van der Waals surface area contributed by atoms with Gasteiger partial charge in [-0.05, 0) is 102 Å². The summed E-state index contributed by atoms with van der Waals surface area (Å²) in [7, 11) is 1.62. The standard InChI is InChI=1S/C19H24N2O3.C19H22N2O3.C19H21NO4/c2*1-13(2)21-18(7-8-20-21)17-12-23-10-15(17)11-24-19-6-4-5-14(3)16(19)9-22;1-13-5-3-7-18(16(13)9-21)24-11-14-10-23-12-17(14)15-6-4-8-20-19(15)22-2/h4-9,13,15,17H,10-12H2,1-3H3;4-9,13H,10-12H2,1-3H3;3-9,14,17H,10-12H2,1-2H3/t15-,17-;;14-,17+/m0.1/s1. The molecular formula is C57H67N5O10. The molecule has 380 valence electrons. The van der Waals surface area contributed by atoms with Crippen molar-refractivity contribution in [3.8, 4) is 23.1 Å². The summed E-state index contributed by atoms with van der Waals surface area (Å²) in [5.41, 5.74) is 10.1. The van der Waals surface area contributed by atoms with Gasteiger partial charge in [-0.15, -0.1) is 0 Å². The van der Waals surface area contributed by atoms with Crippen LogP contribution in [-0.4, -0.2) is 110 Å². The summed E-state index contributed by atoms with van der Waals surface area (Å²) < 4.78 is 44.3. The number of carbonyl (C=O) groups excluding carboxylic acids is 3. The molecule has 6 heterocycles. The van der Waals surface area contributed by atoms with E-state index in [0.717, 1.165) is 58.0 Å². The highest BCUT2D eigenvalue weighted by atomic mass is 16.5. The lowest BCUT2D eigenvalue weighted by Gasteiger charge is -2.21. The van der Waals surface area contributed by atoms with Crippen LogP contribution in [0.25, 0.3) is 5.57 Å². The minimum absolute atomic E-state index is 0.165. The van der Waals surface area contributed by atoms with Gasteiger partial charge in [0.05, 0.1) is 82.3 Å². The van der Waals surface area contributed by atoms with Crippen LogP contribution in [0.2, 0.25) is 0 Å². The summed E-state index contributed by atoms with van der Waals surface area (Å²) in [6.07, 6.45) is 7.92. The molecule has 0 N–H and O–H groups in total. The molecular weight excluding hydrogens is 915 g/mol. The second-order valence-corrected chi connectivity index (χ2v) is 18.8. The lowest BCUT2D eigenvalue weighted by Crippen LogP contribution is -2.22. The topological polar surface area (TPSA) is 164 Å². The predicted octanol–water partition coefficient (Wildman–Crippen LogP) is 9.86. The molecule has 0 bridgehead atoms. The van der Waals surface area contributed by atoms with Crippen LogP contribution in [0.4, 0.5) is 0 Å². The molecule has 0 aliphatic carbocycles. The average Bonchev–Trinajstić information content (AvgIpc) is 4.25. The number of methoxy groups -OCH3 is 1. The zero-order valence-corrected chi connectivity index (χ0v) is 42.6. The fourth-order valence-corrected chi connectivity index (χ4v) is 9.27. The van der Waals surface area contributed by atoms with Crippen LogP contribution in [0.5, 0.6) is 23.1 Å². The number of nitrogens with zero attached hydrogens (tertiary/aromatic N) is 5. The third-order valence-corrected chi connectivity index (χ3v) is 13.3. The Kier molecular flexibility index (Phi) is 18.7. The summed E-state index contributed by atoms with van der Waals surface area (Å²) in [5, 5.41) is 8.82. The van der Waals surface area contributed by atoms with Crippen molar-refractivity contribution in [2.45, 2.75) is 72.4 Å². The van der Waals surface area contributed by atoms with E-state index in [0.29, 0.717) is 105 Å². The molecule has 0 saturated carbocycles. The molecule has 3 aliphatic heterocycles. The van der Waals surface area contributed by atoms with E-state index in [1.807, 2.05) is 111 Å². The number of aromatic nitrogens is 5. The Hall–Kier alpha value is -6.94. The number of rotatable bonds is 18. The Labute approximate surface area is 422 Å². The number of ether oxygens (including phenoxy) is 7. The second kappa shape index (κ2) is 25.4.